The maximum absolute atomic E-state index is 11.9. The molecule has 0 fully saturated rings. The van der Waals surface area contributed by atoms with E-state index < -0.39 is 17.9 Å². The fourth-order valence-corrected chi connectivity index (χ4v) is 1.63. The van der Waals surface area contributed by atoms with E-state index in [1.165, 1.54) is 19.6 Å². The van der Waals surface area contributed by atoms with Crippen molar-refractivity contribution in [3.05, 3.63) is 54.1 Å². The summed E-state index contributed by atoms with van der Waals surface area (Å²) in [6, 6.07) is 8.04. The summed E-state index contributed by atoms with van der Waals surface area (Å²) in [5.41, 5.74) is 0.937. The Balaban J connectivity index is 2.20. The first-order valence-corrected chi connectivity index (χ1v) is 5.64. The Morgan fingerprint density at radius 3 is 2.63 bits per heavy atom. The largest absolute Gasteiger partial charge is 0.467 e. The number of aromatic nitrogens is 2. The molecule has 1 atom stereocenters. The third-order valence-electron chi connectivity index (χ3n) is 2.59. The molecule has 1 aromatic carbocycles. The van der Waals surface area contributed by atoms with Gasteiger partial charge in [0.25, 0.3) is 5.91 Å². The zero-order valence-corrected chi connectivity index (χ0v) is 10.3. The number of hydrogen-bond donors (Lipinski definition) is 2. The lowest BCUT2D eigenvalue weighted by Gasteiger charge is -2.16. The highest BCUT2D eigenvalue weighted by Crippen LogP contribution is 2.14. The number of benzene rings is 1. The second-order valence-corrected chi connectivity index (χ2v) is 3.81. The van der Waals surface area contributed by atoms with E-state index >= 15 is 0 Å². The average molecular weight is 259 g/mol. The molecule has 2 aromatic rings. The maximum atomic E-state index is 11.9. The van der Waals surface area contributed by atoms with Crippen molar-refractivity contribution >= 4 is 11.9 Å². The van der Waals surface area contributed by atoms with Crippen LogP contribution in [0.1, 0.15) is 22.1 Å². The van der Waals surface area contributed by atoms with Crippen LogP contribution in [-0.2, 0) is 9.53 Å². The van der Waals surface area contributed by atoms with Gasteiger partial charge in [-0.15, -0.1) is 0 Å². The van der Waals surface area contributed by atoms with E-state index in [2.05, 4.69) is 15.3 Å². The van der Waals surface area contributed by atoms with Gasteiger partial charge in [0.05, 0.1) is 19.6 Å². The second kappa shape index (κ2) is 5.81. The van der Waals surface area contributed by atoms with Crippen LogP contribution in [0.5, 0.6) is 0 Å². The Morgan fingerprint density at radius 1 is 1.32 bits per heavy atom. The first-order valence-electron chi connectivity index (χ1n) is 5.64. The van der Waals surface area contributed by atoms with Gasteiger partial charge < -0.3 is 15.0 Å². The fraction of sp³-hybridized carbons (Fsp3) is 0.154. The van der Waals surface area contributed by atoms with E-state index in [1.54, 1.807) is 24.3 Å². The first-order chi connectivity index (χ1) is 9.22. The highest BCUT2D eigenvalue weighted by Gasteiger charge is 2.24. The number of amides is 1. The van der Waals surface area contributed by atoms with Crippen LogP contribution < -0.4 is 5.32 Å². The van der Waals surface area contributed by atoms with Crippen LogP contribution in [0.15, 0.2) is 42.9 Å². The second-order valence-electron chi connectivity index (χ2n) is 3.81. The van der Waals surface area contributed by atoms with Crippen LogP contribution in [0.4, 0.5) is 0 Å². The molecular weight excluding hydrogens is 246 g/mol. The molecule has 1 aromatic heterocycles. The number of H-pyrrole nitrogens is 1. The summed E-state index contributed by atoms with van der Waals surface area (Å²) in [6.07, 6.45) is 2.78. The molecule has 0 spiro atoms. The minimum atomic E-state index is -0.845. The van der Waals surface area contributed by atoms with Gasteiger partial charge in [0.2, 0.25) is 0 Å². The Labute approximate surface area is 109 Å². The van der Waals surface area contributed by atoms with Gasteiger partial charge in [0, 0.05) is 0 Å². The molecule has 0 aliphatic rings. The molecule has 2 rings (SSSR count). The quantitative estimate of drug-likeness (QED) is 0.804. The number of esters is 1. The standard InChI is InChI=1S/C13H13N3O3/c1-19-13(18)11(9-5-3-2-4-6-9)16-12(17)10-7-14-8-15-10/h2-8,11H,1H3,(H,14,15)(H,16,17). The summed E-state index contributed by atoms with van der Waals surface area (Å²) in [5.74, 6) is -0.948. The van der Waals surface area contributed by atoms with E-state index in [1.807, 2.05) is 6.07 Å². The third-order valence-corrected chi connectivity index (χ3v) is 2.59. The van der Waals surface area contributed by atoms with Gasteiger partial charge in [-0.3, -0.25) is 4.79 Å². The van der Waals surface area contributed by atoms with Gasteiger partial charge in [0.1, 0.15) is 5.69 Å². The number of hydrogen-bond acceptors (Lipinski definition) is 4. The van der Waals surface area contributed by atoms with Crippen molar-refractivity contribution in [1.82, 2.24) is 15.3 Å². The van der Waals surface area contributed by atoms with E-state index in [4.69, 9.17) is 4.74 Å². The van der Waals surface area contributed by atoms with E-state index in [9.17, 15) is 9.59 Å². The molecule has 0 aliphatic carbocycles. The van der Waals surface area contributed by atoms with Crippen molar-refractivity contribution in [2.75, 3.05) is 7.11 Å². The molecular formula is C13H13N3O3. The molecule has 6 heteroatoms. The normalized spacial score (nSPS) is 11.6. The lowest BCUT2D eigenvalue weighted by atomic mass is 10.1. The van der Waals surface area contributed by atoms with E-state index in [0.717, 1.165) is 0 Å². The lowest BCUT2D eigenvalue weighted by Crippen LogP contribution is -2.34. The van der Waals surface area contributed by atoms with Crippen molar-refractivity contribution < 1.29 is 14.3 Å². The number of methoxy groups -OCH3 is 1. The predicted molar refractivity (Wildman–Crippen MR) is 67.3 cm³/mol. The lowest BCUT2D eigenvalue weighted by molar-refractivity contribution is -0.143. The van der Waals surface area contributed by atoms with Crippen LogP contribution in [-0.4, -0.2) is 29.0 Å². The zero-order chi connectivity index (χ0) is 13.7. The molecule has 6 nitrogen and oxygen atoms in total. The summed E-state index contributed by atoms with van der Waals surface area (Å²) in [6.45, 7) is 0. The smallest absolute Gasteiger partial charge is 0.333 e. The monoisotopic (exact) mass is 259 g/mol. The van der Waals surface area contributed by atoms with Crippen molar-refractivity contribution in [3.63, 3.8) is 0 Å². The number of rotatable bonds is 4. The number of nitrogens with one attached hydrogen (secondary N) is 2. The minimum Gasteiger partial charge on any atom is -0.467 e. The predicted octanol–water partition coefficient (Wildman–Crippen LogP) is 1.05. The number of imidazole rings is 1. The molecule has 19 heavy (non-hydrogen) atoms. The molecule has 1 unspecified atom stereocenters. The summed E-state index contributed by atoms with van der Waals surface area (Å²) in [5, 5.41) is 2.60. The Hall–Kier alpha value is -2.63. The molecule has 2 N–H and O–H groups in total. The molecule has 98 valence electrons. The van der Waals surface area contributed by atoms with Crippen LogP contribution in [0, 0.1) is 0 Å². The fourth-order valence-electron chi connectivity index (χ4n) is 1.63. The summed E-state index contributed by atoms with van der Waals surface area (Å²) >= 11 is 0. The van der Waals surface area contributed by atoms with Crippen molar-refractivity contribution in [1.29, 1.82) is 0 Å². The highest BCUT2D eigenvalue weighted by atomic mass is 16.5. The van der Waals surface area contributed by atoms with Gasteiger partial charge in [-0.05, 0) is 5.56 Å². The van der Waals surface area contributed by atoms with Gasteiger partial charge in [-0.25, -0.2) is 9.78 Å². The van der Waals surface area contributed by atoms with Crippen molar-refractivity contribution in [2.45, 2.75) is 6.04 Å². The zero-order valence-electron chi connectivity index (χ0n) is 10.3. The van der Waals surface area contributed by atoms with E-state index in [-0.39, 0.29) is 5.69 Å². The van der Waals surface area contributed by atoms with Gasteiger partial charge in [-0.1, -0.05) is 30.3 Å². The first kappa shape index (κ1) is 12.8. The molecule has 1 amide bonds. The van der Waals surface area contributed by atoms with Gasteiger partial charge >= 0.3 is 5.97 Å². The topological polar surface area (TPSA) is 84.1 Å². The molecule has 0 saturated heterocycles. The molecule has 0 saturated carbocycles. The van der Waals surface area contributed by atoms with Gasteiger partial charge in [-0.2, -0.15) is 0 Å². The average Bonchev–Trinajstić information content (AvgIpc) is 2.99. The summed E-state index contributed by atoms with van der Waals surface area (Å²) in [7, 11) is 1.28. The SMILES string of the molecule is COC(=O)C(NC(=O)c1cnc[nH]1)c1ccccc1. The number of carbonyl (C=O) groups is 2. The Kier molecular flexibility index (Phi) is 3.92. The number of carbonyl (C=O) groups excluding carboxylic acids is 2. The molecule has 0 radical (unpaired) electrons. The van der Waals surface area contributed by atoms with E-state index in [0.29, 0.717) is 5.56 Å². The van der Waals surface area contributed by atoms with Crippen LogP contribution in [0.25, 0.3) is 0 Å². The van der Waals surface area contributed by atoms with Crippen LogP contribution in [0.3, 0.4) is 0 Å². The molecule has 1 heterocycles. The maximum Gasteiger partial charge on any atom is 0.333 e. The highest BCUT2D eigenvalue weighted by molar-refractivity contribution is 5.95. The van der Waals surface area contributed by atoms with Crippen LogP contribution >= 0.6 is 0 Å². The minimum absolute atomic E-state index is 0.282. The van der Waals surface area contributed by atoms with Crippen molar-refractivity contribution in [3.8, 4) is 0 Å². The number of aromatic amines is 1. The van der Waals surface area contributed by atoms with Crippen molar-refractivity contribution in [2.24, 2.45) is 0 Å². The summed E-state index contributed by atoms with van der Waals surface area (Å²) in [4.78, 5) is 30.1. The number of nitrogens with zero attached hydrogens (tertiary/aromatic N) is 1. The Morgan fingerprint density at radius 2 is 2.05 bits per heavy atom. The van der Waals surface area contributed by atoms with Gasteiger partial charge in [0.15, 0.2) is 6.04 Å². The third kappa shape index (κ3) is 2.98. The Bertz CT molecular complexity index is 552. The summed E-state index contributed by atoms with van der Waals surface area (Å²) < 4.78 is 4.71. The van der Waals surface area contributed by atoms with Crippen LogP contribution in [0.2, 0.25) is 0 Å². The number of ether oxygens (including phenoxy) is 1. The molecule has 0 aliphatic heterocycles. The molecule has 0 bridgehead atoms.